The van der Waals surface area contributed by atoms with Gasteiger partial charge in [0.2, 0.25) is 0 Å². The van der Waals surface area contributed by atoms with Gasteiger partial charge in [-0.15, -0.1) is 0 Å². The Morgan fingerprint density at radius 2 is 1.15 bits per heavy atom. The molecule has 2 aliphatic carbocycles. The van der Waals surface area contributed by atoms with Crippen LogP contribution in [-0.2, 0) is 16.2 Å². The van der Waals surface area contributed by atoms with Gasteiger partial charge in [0.15, 0.2) is 0 Å². The molecule has 2 aliphatic heterocycles. The molecule has 296 valence electrons. The molecule has 0 bridgehead atoms. The standard InChI is InChI=1S/C58H45BN2O/c1-56(2,3)32-20-22-33(23-21-32)61-50-29-40-35-15-9-12-18-45(35)57(4,5)46(40)27-42(50)37-24-25-38-41-26-39-34-14-8-11-17-44(34)58(6,7)47(39)30-49(41)60-51-31-53-43(36-16-10-13-19-52(36)62-53)28-48(51)59(61)54(37)55(38)60/h8-31H,1-7H3. The molecule has 0 N–H and O–H groups in total. The second-order valence-electron chi connectivity index (χ2n) is 20.5. The number of nitrogens with zero attached hydrogens (tertiary/aromatic N) is 2. The normalized spacial score (nSPS) is 15.9. The van der Waals surface area contributed by atoms with Gasteiger partial charge < -0.3 is 13.8 Å². The molecular weight excluding hydrogens is 751 g/mol. The Kier molecular flexibility index (Phi) is 6.29. The van der Waals surface area contributed by atoms with Gasteiger partial charge in [-0.1, -0.05) is 146 Å². The molecule has 4 aliphatic rings. The molecule has 4 heteroatoms. The lowest BCUT2D eigenvalue weighted by Gasteiger charge is -2.42. The molecule has 3 nitrogen and oxygen atoms in total. The van der Waals surface area contributed by atoms with Crippen LogP contribution in [0, 0.1) is 0 Å². The summed E-state index contributed by atoms with van der Waals surface area (Å²) in [7, 11) is 0. The van der Waals surface area contributed by atoms with Gasteiger partial charge in [-0.25, -0.2) is 0 Å². The van der Waals surface area contributed by atoms with E-state index in [2.05, 4.69) is 203 Å². The van der Waals surface area contributed by atoms with E-state index < -0.39 is 0 Å². The van der Waals surface area contributed by atoms with Crippen LogP contribution in [0.2, 0.25) is 0 Å². The van der Waals surface area contributed by atoms with Gasteiger partial charge in [0, 0.05) is 61.1 Å². The van der Waals surface area contributed by atoms with Crippen LogP contribution >= 0.6 is 0 Å². The fourth-order valence-electron chi connectivity index (χ4n) is 12.4. The number of aromatic nitrogens is 1. The smallest absolute Gasteiger partial charge is 0.333 e. The molecule has 0 radical (unpaired) electrons. The van der Waals surface area contributed by atoms with E-state index in [-0.39, 0.29) is 23.1 Å². The van der Waals surface area contributed by atoms with Gasteiger partial charge in [-0.05, 0) is 114 Å². The van der Waals surface area contributed by atoms with Crippen molar-refractivity contribution in [1.82, 2.24) is 4.57 Å². The fraction of sp³-hybridized carbons (Fsp3) is 0.172. The van der Waals surface area contributed by atoms with Gasteiger partial charge in [-0.3, -0.25) is 0 Å². The minimum absolute atomic E-state index is 0.0366. The predicted octanol–water partition coefficient (Wildman–Crippen LogP) is 13.8. The zero-order valence-corrected chi connectivity index (χ0v) is 36.2. The highest BCUT2D eigenvalue weighted by Gasteiger charge is 2.47. The van der Waals surface area contributed by atoms with Gasteiger partial charge in [0.05, 0.1) is 11.0 Å². The van der Waals surface area contributed by atoms with Crippen molar-refractivity contribution in [3.63, 3.8) is 0 Å². The summed E-state index contributed by atoms with van der Waals surface area (Å²) in [6.07, 6.45) is 0. The number of hydrogen-bond acceptors (Lipinski definition) is 2. The Morgan fingerprint density at radius 1 is 0.484 bits per heavy atom. The lowest BCUT2D eigenvalue weighted by molar-refractivity contribution is 0.590. The number of anilines is 2. The second-order valence-corrected chi connectivity index (χ2v) is 20.5. The topological polar surface area (TPSA) is 21.3 Å². The third-order valence-electron chi connectivity index (χ3n) is 15.5. The molecule has 0 fully saturated rings. The average Bonchev–Trinajstić information content (AvgIpc) is 3.94. The van der Waals surface area contributed by atoms with Crippen molar-refractivity contribution >= 4 is 72.9 Å². The minimum Gasteiger partial charge on any atom is -0.456 e. The third-order valence-corrected chi connectivity index (χ3v) is 15.5. The van der Waals surface area contributed by atoms with E-state index in [1.54, 1.807) is 0 Å². The van der Waals surface area contributed by atoms with Crippen molar-refractivity contribution in [1.29, 1.82) is 0 Å². The van der Waals surface area contributed by atoms with Gasteiger partial charge in [-0.2, -0.15) is 0 Å². The van der Waals surface area contributed by atoms with Crippen LogP contribution in [-0.4, -0.2) is 11.4 Å². The van der Waals surface area contributed by atoms with Crippen LogP contribution < -0.4 is 15.7 Å². The van der Waals surface area contributed by atoms with Crippen molar-refractivity contribution in [3.05, 3.63) is 173 Å². The van der Waals surface area contributed by atoms with Crippen molar-refractivity contribution in [3.8, 4) is 39.1 Å². The molecule has 10 aromatic rings. The first-order valence-electron chi connectivity index (χ1n) is 22.3. The summed E-state index contributed by atoms with van der Waals surface area (Å²) in [5, 5.41) is 4.90. The Morgan fingerprint density at radius 3 is 1.87 bits per heavy atom. The van der Waals surface area contributed by atoms with E-state index in [1.165, 1.54) is 111 Å². The quantitative estimate of drug-likeness (QED) is 0.154. The van der Waals surface area contributed by atoms with E-state index in [1.807, 2.05) is 0 Å². The van der Waals surface area contributed by atoms with Crippen LogP contribution in [0.5, 0.6) is 0 Å². The molecule has 0 amide bonds. The Bertz CT molecular complexity index is 3680. The van der Waals surface area contributed by atoms with Crippen LogP contribution in [0.4, 0.5) is 11.4 Å². The monoisotopic (exact) mass is 796 g/mol. The van der Waals surface area contributed by atoms with Crippen molar-refractivity contribution < 1.29 is 4.42 Å². The summed E-state index contributed by atoms with van der Waals surface area (Å²) >= 11 is 0. The lowest BCUT2D eigenvalue weighted by Crippen LogP contribution is -2.60. The maximum Gasteiger partial charge on any atom is 0.333 e. The highest BCUT2D eigenvalue weighted by molar-refractivity contribution is 6.94. The molecule has 8 aromatic carbocycles. The minimum atomic E-state index is -0.128. The first-order valence-corrected chi connectivity index (χ1v) is 22.3. The SMILES string of the molecule is CC(C)(C)c1ccc(N2B3c4cc5c(cc4-n4c6cc7c(cc6c6ccc(c3c64)-c3cc4c(cc32)-c2ccccc2C4(C)C)-c2ccccc2C7(C)C)oc2ccccc25)cc1. The molecule has 62 heavy (non-hydrogen) atoms. The number of benzene rings is 8. The fourth-order valence-corrected chi connectivity index (χ4v) is 12.4. The highest BCUT2D eigenvalue weighted by Crippen LogP contribution is 2.56. The third kappa shape index (κ3) is 4.14. The summed E-state index contributed by atoms with van der Waals surface area (Å²) in [5.74, 6) is 0. The summed E-state index contributed by atoms with van der Waals surface area (Å²) in [4.78, 5) is 2.69. The summed E-state index contributed by atoms with van der Waals surface area (Å²) in [6, 6.07) is 55.9. The van der Waals surface area contributed by atoms with Crippen molar-refractivity contribution in [2.45, 2.75) is 64.7 Å². The van der Waals surface area contributed by atoms with Gasteiger partial charge in [0.25, 0.3) is 0 Å². The number of para-hydroxylation sites is 1. The van der Waals surface area contributed by atoms with Crippen LogP contribution in [0.15, 0.2) is 150 Å². The number of furan rings is 1. The molecule has 0 atom stereocenters. The molecule has 0 spiro atoms. The van der Waals surface area contributed by atoms with Crippen LogP contribution in [0.25, 0.3) is 82.8 Å². The summed E-state index contributed by atoms with van der Waals surface area (Å²) in [6.45, 7) is 16.4. The molecule has 0 unspecified atom stereocenters. The number of fused-ring (bicyclic) bond motifs is 17. The van der Waals surface area contributed by atoms with Crippen molar-refractivity contribution in [2.75, 3.05) is 4.81 Å². The number of hydrogen-bond donors (Lipinski definition) is 0. The molecule has 0 saturated heterocycles. The van der Waals surface area contributed by atoms with Gasteiger partial charge >= 0.3 is 6.85 Å². The molecule has 2 aromatic heterocycles. The van der Waals surface area contributed by atoms with Crippen LogP contribution in [0.1, 0.15) is 76.3 Å². The second kappa shape index (κ2) is 11.2. The zero-order valence-electron chi connectivity index (χ0n) is 36.2. The predicted molar refractivity (Wildman–Crippen MR) is 261 cm³/mol. The molecule has 14 rings (SSSR count). The van der Waals surface area contributed by atoms with Crippen LogP contribution in [0.3, 0.4) is 0 Å². The number of rotatable bonds is 1. The molecular formula is C58H45BN2O. The zero-order chi connectivity index (χ0) is 41.8. The maximum atomic E-state index is 6.74. The van der Waals surface area contributed by atoms with Gasteiger partial charge in [0.1, 0.15) is 11.2 Å². The summed E-state index contributed by atoms with van der Waals surface area (Å²) < 4.78 is 9.35. The average molecular weight is 797 g/mol. The lowest BCUT2D eigenvalue weighted by atomic mass is 9.44. The molecule has 0 saturated carbocycles. The Balaban J connectivity index is 1.15. The highest BCUT2D eigenvalue weighted by atomic mass is 16.3. The maximum absolute atomic E-state index is 6.74. The Labute approximate surface area is 362 Å². The largest absolute Gasteiger partial charge is 0.456 e. The van der Waals surface area contributed by atoms with E-state index >= 15 is 0 Å². The van der Waals surface area contributed by atoms with E-state index in [4.69, 9.17) is 4.42 Å². The first-order chi connectivity index (χ1) is 29.9. The van der Waals surface area contributed by atoms with E-state index in [0.29, 0.717) is 0 Å². The molecule has 4 heterocycles. The van der Waals surface area contributed by atoms with E-state index in [9.17, 15) is 0 Å². The summed E-state index contributed by atoms with van der Waals surface area (Å²) in [5.41, 5.74) is 25.4. The first kappa shape index (κ1) is 34.9. The van der Waals surface area contributed by atoms with Crippen molar-refractivity contribution in [2.24, 2.45) is 0 Å². The van der Waals surface area contributed by atoms with E-state index in [0.717, 1.165) is 21.9 Å². The Hall–Kier alpha value is -6.78.